The SMILES string of the molecule is CC(C)(C)c1cnc(CSc2cnc(C(CCC(=O)NO)C(N)=O)s2)o1. The second-order valence-corrected chi connectivity index (χ2v) is 9.04. The summed E-state index contributed by atoms with van der Waals surface area (Å²) in [6.45, 7) is 6.17. The van der Waals surface area contributed by atoms with Crippen LogP contribution < -0.4 is 11.2 Å². The number of primary amides is 1. The molecule has 0 aliphatic rings. The molecule has 0 aromatic carbocycles. The first-order valence-electron chi connectivity index (χ1n) is 7.96. The monoisotopic (exact) mass is 398 g/mol. The summed E-state index contributed by atoms with van der Waals surface area (Å²) >= 11 is 2.85. The molecule has 26 heavy (non-hydrogen) atoms. The van der Waals surface area contributed by atoms with E-state index in [0.29, 0.717) is 16.7 Å². The van der Waals surface area contributed by atoms with E-state index in [1.807, 2.05) is 0 Å². The summed E-state index contributed by atoms with van der Waals surface area (Å²) < 4.78 is 6.65. The maximum absolute atomic E-state index is 11.6. The van der Waals surface area contributed by atoms with E-state index in [1.54, 1.807) is 12.4 Å². The maximum atomic E-state index is 11.6. The smallest absolute Gasteiger partial charge is 0.243 e. The van der Waals surface area contributed by atoms with Crippen molar-refractivity contribution >= 4 is 34.9 Å². The van der Waals surface area contributed by atoms with Crippen LogP contribution >= 0.6 is 23.1 Å². The van der Waals surface area contributed by atoms with Gasteiger partial charge in [0.05, 0.1) is 28.3 Å². The first kappa shape index (κ1) is 20.4. The second kappa shape index (κ2) is 8.65. The molecule has 0 aliphatic carbocycles. The van der Waals surface area contributed by atoms with Crippen LogP contribution in [-0.2, 0) is 20.8 Å². The van der Waals surface area contributed by atoms with Crippen LogP contribution in [-0.4, -0.2) is 27.0 Å². The summed E-state index contributed by atoms with van der Waals surface area (Å²) in [7, 11) is 0. The van der Waals surface area contributed by atoms with Gasteiger partial charge in [-0.05, 0) is 6.42 Å². The van der Waals surface area contributed by atoms with Crippen LogP contribution in [0.1, 0.15) is 56.2 Å². The fraction of sp³-hybridized carbons (Fsp3) is 0.500. The van der Waals surface area contributed by atoms with Gasteiger partial charge < -0.3 is 10.2 Å². The van der Waals surface area contributed by atoms with E-state index in [4.69, 9.17) is 15.4 Å². The zero-order valence-corrected chi connectivity index (χ0v) is 16.4. The minimum Gasteiger partial charge on any atom is -0.444 e. The van der Waals surface area contributed by atoms with Gasteiger partial charge in [0.1, 0.15) is 10.8 Å². The van der Waals surface area contributed by atoms with Crippen molar-refractivity contribution in [1.82, 2.24) is 15.4 Å². The Labute approximate surface area is 159 Å². The Bertz CT molecular complexity index is 766. The molecule has 10 heteroatoms. The molecule has 0 fully saturated rings. The standard InChI is InChI=1S/C16H22N4O4S2/c1-16(2,3)10-6-18-12(24-10)8-25-13-7-19-15(26-13)9(14(17)22)4-5-11(21)20-23/h6-7,9,23H,4-5,8H2,1-3H3,(H2,17,22)(H,20,21). The van der Waals surface area contributed by atoms with Gasteiger partial charge >= 0.3 is 0 Å². The minimum atomic E-state index is -0.666. The molecule has 0 radical (unpaired) electrons. The number of carbonyl (C=O) groups excluding carboxylic acids is 2. The predicted molar refractivity (Wildman–Crippen MR) is 98.0 cm³/mol. The average Bonchev–Trinajstić information content (AvgIpc) is 3.21. The van der Waals surface area contributed by atoms with E-state index in [1.165, 1.54) is 28.6 Å². The number of hydrogen-bond donors (Lipinski definition) is 3. The number of carbonyl (C=O) groups is 2. The molecule has 2 rings (SSSR count). The van der Waals surface area contributed by atoms with Crippen LogP contribution in [0.3, 0.4) is 0 Å². The molecule has 2 aromatic heterocycles. The highest BCUT2D eigenvalue weighted by Gasteiger charge is 2.23. The first-order valence-corrected chi connectivity index (χ1v) is 9.77. The lowest BCUT2D eigenvalue weighted by molar-refractivity contribution is -0.129. The Kier molecular flexibility index (Phi) is 6.79. The Morgan fingerprint density at radius 3 is 2.69 bits per heavy atom. The molecule has 0 aliphatic heterocycles. The molecule has 2 amide bonds. The summed E-state index contributed by atoms with van der Waals surface area (Å²) in [6, 6.07) is 0. The number of aromatic nitrogens is 2. The number of oxazole rings is 1. The second-order valence-electron chi connectivity index (χ2n) is 6.70. The number of nitrogens with two attached hydrogens (primary N) is 1. The van der Waals surface area contributed by atoms with Gasteiger partial charge in [-0.25, -0.2) is 15.4 Å². The van der Waals surface area contributed by atoms with Crippen molar-refractivity contribution in [2.45, 2.75) is 54.9 Å². The summed E-state index contributed by atoms with van der Waals surface area (Å²) in [5.41, 5.74) is 6.86. The zero-order valence-electron chi connectivity index (χ0n) is 14.8. The third kappa shape index (κ3) is 5.55. The van der Waals surface area contributed by atoms with E-state index < -0.39 is 17.7 Å². The summed E-state index contributed by atoms with van der Waals surface area (Å²) in [5.74, 6) is 0.215. The van der Waals surface area contributed by atoms with Crippen LogP contribution in [0.5, 0.6) is 0 Å². The molecule has 0 spiro atoms. The number of rotatable bonds is 8. The Balaban J connectivity index is 1.98. The molecule has 0 bridgehead atoms. The van der Waals surface area contributed by atoms with Gasteiger partial charge in [-0.15, -0.1) is 23.1 Å². The summed E-state index contributed by atoms with van der Waals surface area (Å²) in [4.78, 5) is 31.3. The quantitative estimate of drug-likeness (QED) is 0.354. The lowest BCUT2D eigenvalue weighted by Gasteiger charge is -2.12. The minimum absolute atomic E-state index is 0.0158. The van der Waals surface area contributed by atoms with E-state index >= 15 is 0 Å². The molecule has 2 aromatic rings. The lowest BCUT2D eigenvalue weighted by Crippen LogP contribution is -2.24. The molecule has 0 saturated heterocycles. The summed E-state index contributed by atoms with van der Waals surface area (Å²) in [5, 5.41) is 9.09. The molecule has 8 nitrogen and oxygen atoms in total. The number of thiazole rings is 1. The number of nitrogens with one attached hydrogen (secondary N) is 1. The number of hydroxylamine groups is 1. The van der Waals surface area contributed by atoms with Crippen LogP contribution in [0.2, 0.25) is 0 Å². The Morgan fingerprint density at radius 1 is 1.38 bits per heavy atom. The van der Waals surface area contributed by atoms with E-state index in [-0.39, 0.29) is 18.3 Å². The van der Waals surface area contributed by atoms with Gasteiger partial charge in [0.25, 0.3) is 0 Å². The highest BCUT2D eigenvalue weighted by atomic mass is 32.2. The summed E-state index contributed by atoms with van der Waals surface area (Å²) in [6.07, 6.45) is 3.58. The van der Waals surface area contributed by atoms with Crippen LogP contribution in [0.25, 0.3) is 0 Å². The fourth-order valence-electron chi connectivity index (χ4n) is 2.08. The number of nitrogens with zero attached hydrogens (tertiary/aromatic N) is 2. The third-order valence-corrected chi connectivity index (χ3v) is 5.85. The molecule has 4 N–H and O–H groups in total. The molecule has 1 atom stereocenters. The van der Waals surface area contributed by atoms with Gasteiger partial charge in [-0.3, -0.25) is 14.8 Å². The highest BCUT2D eigenvalue weighted by Crippen LogP contribution is 2.33. The molecule has 0 saturated carbocycles. The highest BCUT2D eigenvalue weighted by molar-refractivity contribution is 8.00. The topological polar surface area (TPSA) is 131 Å². The van der Waals surface area contributed by atoms with Gasteiger partial charge in [0, 0.05) is 11.8 Å². The third-order valence-electron chi connectivity index (χ3n) is 3.56. The van der Waals surface area contributed by atoms with Crippen LogP contribution in [0.4, 0.5) is 0 Å². The maximum Gasteiger partial charge on any atom is 0.243 e. The van der Waals surface area contributed by atoms with Crippen molar-refractivity contribution in [3.63, 3.8) is 0 Å². The van der Waals surface area contributed by atoms with E-state index in [9.17, 15) is 9.59 Å². The lowest BCUT2D eigenvalue weighted by atomic mass is 9.94. The first-order chi connectivity index (χ1) is 12.2. The number of hydrogen-bond acceptors (Lipinski definition) is 8. The van der Waals surface area contributed by atoms with Gasteiger partial charge in [0.2, 0.25) is 17.7 Å². The number of amides is 2. The van der Waals surface area contributed by atoms with Crippen molar-refractivity contribution in [2.75, 3.05) is 0 Å². The predicted octanol–water partition coefficient (Wildman–Crippen LogP) is 2.58. The van der Waals surface area contributed by atoms with Crippen molar-refractivity contribution < 1.29 is 19.2 Å². The number of thioether (sulfide) groups is 1. The molecule has 1 unspecified atom stereocenters. The van der Waals surface area contributed by atoms with Crippen molar-refractivity contribution in [2.24, 2.45) is 5.73 Å². The van der Waals surface area contributed by atoms with Crippen molar-refractivity contribution in [3.05, 3.63) is 29.1 Å². The molecule has 2 heterocycles. The molecular formula is C16H22N4O4S2. The fourth-order valence-corrected chi connectivity index (χ4v) is 4.06. The van der Waals surface area contributed by atoms with Crippen molar-refractivity contribution in [3.8, 4) is 0 Å². The van der Waals surface area contributed by atoms with Gasteiger partial charge in [0.15, 0.2) is 0 Å². The largest absolute Gasteiger partial charge is 0.444 e. The van der Waals surface area contributed by atoms with Crippen LogP contribution in [0, 0.1) is 0 Å². The van der Waals surface area contributed by atoms with E-state index in [2.05, 4.69) is 30.7 Å². The van der Waals surface area contributed by atoms with Crippen LogP contribution in [0.15, 0.2) is 21.0 Å². The van der Waals surface area contributed by atoms with Gasteiger partial charge in [-0.1, -0.05) is 20.8 Å². The van der Waals surface area contributed by atoms with Crippen molar-refractivity contribution in [1.29, 1.82) is 0 Å². The van der Waals surface area contributed by atoms with Gasteiger partial charge in [-0.2, -0.15) is 0 Å². The average molecular weight is 399 g/mol. The Morgan fingerprint density at radius 2 is 2.12 bits per heavy atom. The molecular weight excluding hydrogens is 376 g/mol. The molecule has 142 valence electrons. The van der Waals surface area contributed by atoms with E-state index in [0.717, 1.165) is 9.97 Å². The zero-order chi connectivity index (χ0) is 19.3. The normalized spacial score (nSPS) is 12.8. The Hall–Kier alpha value is -1.91.